The van der Waals surface area contributed by atoms with E-state index in [1.165, 1.54) is 6.07 Å². The molecule has 2 aliphatic rings. The van der Waals surface area contributed by atoms with Crippen molar-refractivity contribution >= 4 is 34.0 Å². The molecule has 2 aliphatic heterocycles. The molecular weight excluding hydrogens is 369 g/mol. The van der Waals surface area contributed by atoms with Gasteiger partial charge in [0.2, 0.25) is 10.0 Å². The van der Waals surface area contributed by atoms with Crippen molar-refractivity contribution in [1.29, 1.82) is 0 Å². The normalized spacial score (nSPS) is 19.5. The number of hydrogen-bond donors (Lipinski definition) is 2. The van der Waals surface area contributed by atoms with Crippen LogP contribution in [0.25, 0.3) is 0 Å². The molecule has 2 heterocycles. The van der Waals surface area contributed by atoms with E-state index in [9.17, 15) is 17.6 Å². The standard InChI is InChI=1S/C16H22FN3O3S.ClH/c1-24(22,23)19-14-3-2-12(17)10-13(14)15(21)20-8-5-16(6-9-20)4-7-18-11-16;/h2-3,10,18-19H,4-9,11H2,1H3;1H. The lowest BCUT2D eigenvalue weighted by Crippen LogP contribution is -2.44. The highest BCUT2D eigenvalue weighted by atomic mass is 35.5. The zero-order chi connectivity index (χ0) is 17.4. The minimum atomic E-state index is -3.55. The Morgan fingerprint density at radius 1 is 1.28 bits per heavy atom. The predicted octanol–water partition coefficient (Wildman–Crippen LogP) is 1.83. The summed E-state index contributed by atoms with van der Waals surface area (Å²) >= 11 is 0. The van der Waals surface area contributed by atoms with Gasteiger partial charge in [-0.1, -0.05) is 0 Å². The molecule has 0 aliphatic carbocycles. The van der Waals surface area contributed by atoms with E-state index in [1.807, 2.05) is 0 Å². The minimum absolute atomic E-state index is 0. The molecule has 0 radical (unpaired) electrons. The van der Waals surface area contributed by atoms with Crippen molar-refractivity contribution in [3.8, 4) is 0 Å². The van der Waals surface area contributed by atoms with Crippen LogP contribution in [-0.2, 0) is 10.0 Å². The molecular formula is C16H23ClFN3O3S. The summed E-state index contributed by atoms with van der Waals surface area (Å²) in [4.78, 5) is 14.5. The molecule has 9 heteroatoms. The summed E-state index contributed by atoms with van der Waals surface area (Å²) in [6.07, 6.45) is 3.95. The lowest BCUT2D eigenvalue weighted by Gasteiger charge is -2.39. The Morgan fingerprint density at radius 2 is 1.96 bits per heavy atom. The van der Waals surface area contributed by atoms with E-state index >= 15 is 0 Å². The highest BCUT2D eigenvalue weighted by Crippen LogP contribution is 2.37. The lowest BCUT2D eigenvalue weighted by atomic mass is 9.78. The van der Waals surface area contributed by atoms with Crippen molar-refractivity contribution in [3.05, 3.63) is 29.6 Å². The van der Waals surface area contributed by atoms with Crippen LogP contribution >= 0.6 is 12.4 Å². The molecule has 1 aromatic rings. The zero-order valence-electron chi connectivity index (χ0n) is 14.0. The first-order valence-corrected chi connectivity index (χ1v) is 9.95. The molecule has 2 saturated heterocycles. The Bertz CT molecular complexity index is 741. The maximum atomic E-state index is 13.6. The number of anilines is 1. The quantitative estimate of drug-likeness (QED) is 0.824. The summed E-state index contributed by atoms with van der Waals surface area (Å²) in [7, 11) is -3.55. The average Bonchev–Trinajstić information content (AvgIpc) is 2.96. The van der Waals surface area contributed by atoms with Crippen LogP contribution in [0.2, 0.25) is 0 Å². The highest BCUT2D eigenvalue weighted by molar-refractivity contribution is 7.92. The Balaban J connectivity index is 0.00000225. The van der Waals surface area contributed by atoms with E-state index in [-0.39, 0.29) is 35.0 Å². The number of halogens is 2. The van der Waals surface area contributed by atoms with Gasteiger partial charge in [0, 0.05) is 19.6 Å². The van der Waals surface area contributed by atoms with Crippen LogP contribution in [0, 0.1) is 11.2 Å². The Kier molecular flexibility index (Phi) is 5.96. The number of amides is 1. The molecule has 1 spiro atoms. The zero-order valence-corrected chi connectivity index (χ0v) is 15.7. The van der Waals surface area contributed by atoms with Crippen LogP contribution in [0.5, 0.6) is 0 Å². The fourth-order valence-electron chi connectivity index (χ4n) is 3.56. The van der Waals surface area contributed by atoms with Gasteiger partial charge >= 0.3 is 0 Å². The fourth-order valence-corrected chi connectivity index (χ4v) is 4.14. The minimum Gasteiger partial charge on any atom is -0.339 e. The first-order valence-electron chi connectivity index (χ1n) is 8.05. The summed E-state index contributed by atoms with van der Waals surface area (Å²) in [5.74, 6) is -0.896. The number of likely N-dealkylation sites (tertiary alicyclic amines) is 1. The summed E-state index contributed by atoms with van der Waals surface area (Å²) < 4.78 is 38.8. The SMILES string of the molecule is CS(=O)(=O)Nc1ccc(F)cc1C(=O)N1CCC2(CCNC2)CC1.Cl. The molecule has 1 aromatic carbocycles. The second-order valence-corrected chi connectivity index (χ2v) is 8.53. The molecule has 2 fully saturated rings. The number of nitrogens with one attached hydrogen (secondary N) is 2. The van der Waals surface area contributed by atoms with Gasteiger partial charge < -0.3 is 10.2 Å². The van der Waals surface area contributed by atoms with Gasteiger partial charge in [-0.25, -0.2) is 12.8 Å². The fraction of sp³-hybridized carbons (Fsp3) is 0.562. The van der Waals surface area contributed by atoms with Crippen LogP contribution < -0.4 is 10.0 Å². The summed E-state index contributed by atoms with van der Waals surface area (Å²) in [5.41, 5.74) is 0.444. The molecule has 0 atom stereocenters. The third-order valence-electron chi connectivity index (χ3n) is 4.95. The number of nitrogens with zero attached hydrogens (tertiary/aromatic N) is 1. The van der Waals surface area contributed by atoms with Crippen molar-refractivity contribution in [2.75, 3.05) is 37.2 Å². The molecule has 25 heavy (non-hydrogen) atoms. The third kappa shape index (κ3) is 4.62. The van der Waals surface area contributed by atoms with Crippen molar-refractivity contribution in [1.82, 2.24) is 10.2 Å². The summed E-state index contributed by atoms with van der Waals surface area (Å²) in [6.45, 7) is 3.21. The van der Waals surface area contributed by atoms with Gasteiger partial charge in [0.1, 0.15) is 5.82 Å². The molecule has 140 valence electrons. The van der Waals surface area contributed by atoms with Crippen LogP contribution in [0.3, 0.4) is 0 Å². The number of benzene rings is 1. The first kappa shape index (κ1) is 19.9. The maximum absolute atomic E-state index is 13.6. The second-order valence-electron chi connectivity index (χ2n) is 6.78. The van der Waals surface area contributed by atoms with Crippen molar-refractivity contribution in [3.63, 3.8) is 0 Å². The largest absolute Gasteiger partial charge is 0.339 e. The molecule has 2 N–H and O–H groups in total. The summed E-state index contributed by atoms with van der Waals surface area (Å²) in [6, 6.07) is 3.52. The second kappa shape index (κ2) is 7.47. The predicted molar refractivity (Wildman–Crippen MR) is 97.2 cm³/mol. The van der Waals surface area contributed by atoms with E-state index < -0.39 is 15.8 Å². The Hall–Kier alpha value is -1.38. The topological polar surface area (TPSA) is 78.5 Å². The van der Waals surface area contributed by atoms with Crippen LogP contribution in [0.1, 0.15) is 29.6 Å². The van der Waals surface area contributed by atoms with Crippen molar-refractivity contribution in [2.45, 2.75) is 19.3 Å². The number of rotatable bonds is 3. The van der Waals surface area contributed by atoms with E-state index in [0.717, 1.165) is 50.7 Å². The Morgan fingerprint density at radius 3 is 2.52 bits per heavy atom. The van der Waals surface area contributed by atoms with E-state index in [2.05, 4.69) is 10.0 Å². The van der Waals surface area contributed by atoms with E-state index in [0.29, 0.717) is 13.1 Å². The van der Waals surface area contributed by atoms with Gasteiger partial charge in [-0.15, -0.1) is 12.4 Å². The molecule has 6 nitrogen and oxygen atoms in total. The maximum Gasteiger partial charge on any atom is 0.256 e. The van der Waals surface area contributed by atoms with Crippen molar-refractivity contribution in [2.24, 2.45) is 5.41 Å². The average molecular weight is 392 g/mol. The molecule has 0 unspecified atom stereocenters. The third-order valence-corrected chi connectivity index (χ3v) is 5.54. The molecule has 0 bridgehead atoms. The van der Waals surface area contributed by atoms with Gasteiger partial charge in [0.05, 0.1) is 17.5 Å². The summed E-state index contributed by atoms with van der Waals surface area (Å²) in [5, 5.41) is 3.37. The van der Waals surface area contributed by atoms with Crippen molar-refractivity contribution < 1.29 is 17.6 Å². The first-order chi connectivity index (χ1) is 11.3. The monoisotopic (exact) mass is 391 g/mol. The van der Waals surface area contributed by atoms with Crippen LogP contribution in [-0.4, -0.2) is 51.7 Å². The molecule has 0 saturated carbocycles. The van der Waals surface area contributed by atoms with Gasteiger partial charge in [-0.2, -0.15) is 0 Å². The highest BCUT2D eigenvalue weighted by Gasteiger charge is 2.38. The molecule has 3 rings (SSSR count). The van der Waals surface area contributed by atoms with Crippen LogP contribution in [0.15, 0.2) is 18.2 Å². The van der Waals surface area contributed by atoms with E-state index in [4.69, 9.17) is 0 Å². The number of carbonyl (C=O) groups is 1. The number of sulfonamides is 1. The molecule has 0 aromatic heterocycles. The van der Waals surface area contributed by atoms with Crippen LogP contribution in [0.4, 0.5) is 10.1 Å². The van der Waals surface area contributed by atoms with Gasteiger partial charge in [-0.05, 0) is 49.4 Å². The molecule has 1 amide bonds. The number of piperidine rings is 1. The lowest BCUT2D eigenvalue weighted by molar-refractivity contribution is 0.0608. The Labute approximate surface area is 153 Å². The number of carbonyl (C=O) groups excluding carboxylic acids is 1. The van der Waals surface area contributed by atoms with Gasteiger partial charge in [0.15, 0.2) is 0 Å². The van der Waals surface area contributed by atoms with E-state index in [1.54, 1.807) is 4.90 Å². The van der Waals surface area contributed by atoms with Gasteiger partial charge in [0.25, 0.3) is 5.91 Å². The van der Waals surface area contributed by atoms with Gasteiger partial charge in [-0.3, -0.25) is 9.52 Å². The smallest absolute Gasteiger partial charge is 0.256 e. The number of hydrogen-bond acceptors (Lipinski definition) is 4.